The Morgan fingerprint density at radius 2 is 2.17 bits per heavy atom. The van der Waals surface area contributed by atoms with Crippen molar-refractivity contribution < 1.29 is 13.5 Å². The molecule has 0 saturated heterocycles. The average molecular weight is 268 g/mol. The molecule has 0 aromatic heterocycles. The summed E-state index contributed by atoms with van der Waals surface area (Å²) in [6.07, 6.45) is -0.191. The first-order valence-electron chi connectivity index (χ1n) is 5.55. The first kappa shape index (κ1) is 14.6. The van der Waals surface area contributed by atoms with Gasteiger partial charge in [-0.05, 0) is 44.0 Å². The van der Waals surface area contributed by atoms with Crippen LogP contribution in [0, 0.1) is 18.3 Å². The molecule has 0 aliphatic carbocycles. The van der Waals surface area contributed by atoms with Gasteiger partial charge in [0.15, 0.2) is 0 Å². The molecule has 2 N–H and O–H groups in total. The number of rotatable bonds is 5. The number of nitrogens with one attached hydrogen (secondary N) is 1. The van der Waals surface area contributed by atoms with Crippen molar-refractivity contribution in [1.29, 1.82) is 5.26 Å². The lowest BCUT2D eigenvalue weighted by molar-refractivity contribution is 0.186. The fourth-order valence-corrected chi connectivity index (χ4v) is 2.77. The minimum atomic E-state index is -3.58. The van der Waals surface area contributed by atoms with Crippen LogP contribution in [-0.4, -0.2) is 26.2 Å². The molecule has 1 aromatic rings. The molecule has 0 bridgehead atoms. The quantitative estimate of drug-likeness (QED) is 0.830. The van der Waals surface area contributed by atoms with E-state index in [1.54, 1.807) is 13.8 Å². The van der Waals surface area contributed by atoms with Gasteiger partial charge in [-0.2, -0.15) is 5.26 Å². The maximum absolute atomic E-state index is 12.0. The van der Waals surface area contributed by atoms with Gasteiger partial charge in [0.1, 0.15) is 0 Å². The van der Waals surface area contributed by atoms with Crippen molar-refractivity contribution in [3.63, 3.8) is 0 Å². The molecule has 0 saturated carbocycles. The van der Waals surface area contributed by atoms with Crippen molar-refractivity contribution in [1.82, 2.24) is 4.72 Å². The standard InChI is InChI=1S/C12H16N2O3S/c1-9-7-11(8-13)3-4-12(9)18(16,17)14-6-5-10(2)15/h3-4,7,10,14-15H,5-6H2,1-2H3. The van der Waals surface area contributed by atoms with Gasteiger partial charge >= 0.3 is 0 Å². The molecule has 6 heteroatoms. The van der Waals surface area contributed by atoms with Crippen LogP contribution in [0.1, 0.15) is 24.5 Å². The number of nitriles is 1. The van der Waals surface area contributed by atoms with E-state index in [0.29, 0.717) is 17.5 Å². The molecule has 0 aliphatic rings. The van der Waals surface area contributed by atoms with Gasteiger partial charge in [0.2, 0.25) is 10.0 Å². The Hall–Kier alpha value is -1.42. The summed E-state index contributed by atoms with van der Waals surface area (Å²) in [6, 6.07) is 6.37. The lowest BCUT2D eigenvalue weighted by Gasteiger charge is -2.10. The van der Waals surface area contributed by atoms with Crippen molar-refractivity contribution in [3.05, 3.63) is 29.3 Å². The van der Waals surface area contributed by atoms with Gasteiger partial charge in [0.05, 0.1) is 22.6 Å². The summed E-state index contributed by atoms with van der Waals surface area (Å²) in [7, 11) is -3.58. The second-order valence-corrected chi connectivity index (χ2v) is 5.86. The highest BCUT2D eigenvalue weighted by molar-refractivity contribution is 7.89. The minimum Gasteiger partial charge on any atom is -0.393 e. The number of aliphatic hydroxyl groups excluding tert-OH is 1. The van der Waals surface area contributed by atoms with Crippen LogP contribution >= 0.6 is 0 Å². The van der Waals surface area contributed by atoms with Gasteiger partial charge in [-0.25, -0.2) is 13.1 Å². The van der Waals surface area contributed by atoms with Crippen molar-refractivity contribution in [2.45, 2.75) is 31.3 Å². The van der Waals surface area contributed by atoms with E-state index in [4.69, 9.17) is 10.4 Å². The first-order chi connectivity index (χ1) is 8.36. The van der Waals surface area contributed by atoms with Crippen molar-refractivity contribution >= 4 is 10.0 Å². The summed E-state index contributed by atoms with van der Waals surface area (Å²) in [5, 5.41) is 17.8. The first-order valence-corrected chi connectivity index (χ1v) is 7.03. The Bertz CT molecular complexity index is 559. The third-order valence-electron chi connectivity index (χ3n) is 2.45. The van der Waals surface area contributed by atoms with E-state index < -0.39 is 16.1 Å². The molecule has 0 heterocycles. The molecule has 5 nitrogen and oxygen atoms in total. The largest absolute Gasteiger partial charge is 0.393 e. The molecule has 1 atom stereocenters. The highest BCUT2D eigenvalue weighted by Crippen LogP contribution is 2.16. The van der Waals surface area contributed by atoms with E-state index in [9.17, 15) is 8.42 Å². The molecule has 0 spiro atoms. The highest BCUT2D eigenvalue weighted by Gasteiger charge is 2.16. The predicted molar refractivity (Wildman–Crippen MR) is 67.4 cm³/mol. The molecule has 0 radical (unpaired) electrons. The molecule has 1 aromatic carbocycles. The van der Waals surface area contributed by atoms with Crippen LogP contribution in [0.3, 0.4) is 0 Å². The summed E-state index contributed by atoms with van der Waals surface area (Å²) in [4.78, 5) is 0.159. The molecule has 1 unspecified atom stereocenters. The van der Waals surface area contributed by atoms with Gasteiger partial charge in [0, 0.05) is 6.54 Å². The summed E-state index contributed by atoms with van der Waals surface area (Å²) in [6.45, 7) is 3.42. The number of nitrogens with zero attached hydrogens (tertiary/aromatic N) is 1. The SMILES string of the molecule is Cc1cc(C#N)ccc1S(=O)(=O)NCCC(C)O. The molecular formula is C12H16N2O3S. The van der Waals surface area contributed by atoms with Crippen LogP contribution in [0.2, 0.25) is 0 Å². The zero-order chi connectivity index (χ0) is 13.8. The zero-order valence-electron chi connectivity index (χ0n) is 10.3. The Morgan fingerprint density at radius 3 is 2.67 bits per heavy atom. The number of benzene rings is 1. The number of aliphatic hydroxyl groups is 1. The number of aryl methyl sites for hydroxylation is 1. The highest BCUT2D eigenvalue weighted by atomic mass is 32.2. The van der Waals surface area contributed by atoms with E-state index in [1.807, 2.05) is 6.07 Å². The normalized spacial score (nSPS) is 13.0. The van der Waals surface area contributed by atoms with E-state index in [2.05, 4.69) is 4.72 Å². The van der Waals surface area contributed by atoms with Crippen LogP contribution in [0.15, 0.2) is 23.1 Å². The fraction of sp³-hybridized carbons (Fsp3) is 0.417. The van der Waals surface area contributed by atoms with Crippen molar-refractivity contribution in [2.75, 3.05) is 6.54 Å². The molecule has 0 aliphatic heterocycles. The van der Waals surface area contributed by atoms with Crippen molar-refractivity contribution in [2.24, 2.45) is 0 Å². The molecule has 0 fully saturated rings. The Balaban J connectivity index is 2.89. The fourth-order valence-electron chi connectivity index (χ4n) is 1.50. The van der Waals surface area contributed by atoms with Gasteiger partial charge in [-0.1, -0.05) is 0 Å². The maximum Gasteiger partial charge on any atom is 0.240 e. The molecular weight excluding hydrogens is 252 g/mol. The van der Waals surface area contributed by atoms with Crippen LogP contribution in [0.4, 0.5) is 0 Å². The third-order valence-corrected chi connectivity index (χ3v) is 4.07. The molecule has 0 amide bonds. The zero-order valence-corrected chi connectivity index (χ0v) is 11.2. The van der Waals surface area contributed by atoms with E-state index in [1.165, 1.54) is 18.2 Å². The monoisotopic (exact) mass is 268 g/mol. The average Bonchev–Trinajstić information content (AvgIpc) is 2.27. The second-order valence-electron chi connectivity index (χ2n) is 4.13. The Morgan fingerprint density at radius 1 is 1.50 bits per heavy atom. The van der Waals surface area contributed by atoms with Crippen LogP contribution in [-0.2, 0) is 10.0 Å². The maximum atomic E-state index is 12.0. The lowest BCUT2D eigenvalue weighted by Crippen LogP contribution is -2.27. The lowest BCUT2D eigenvalue weighted by atomic mass is 10.2. The van der Waals surface area contributed by atoms with Gasteiger partial charge in [0.25, 0.3) is 0 Å². The summed E-state index contributed by atoms with van der Waals surface area (Å²) in [5.74, 6) is 0. The van der Waals surface area contributed by atoms with E-state index in [-0.39, 0.29) is 11.4 Å². The summed E-state index contributed by atoms with van der Waals surface area (Å²) < 4.78 is 26.3. The van der Waals surface area contributed by atoms with Gasteiger partial charge in [-0.3, -0.25) is 0 Å². The topological polar surface area (TPSA) is 90.2 Å². The number of sulfonamides is 1. The Kier molecular flexibility index (Phi) is 4.84. The third kappa shape index (κ3) is 3.81. The molecule has 18 heavy (non-hydrogen) atoms. The van der Waals surface area contributed by atoms with Gasteiger partial charge in [-0.15, -0.1) is 0 Å². The van der Waals surface area contributed by atoms with Crippen LogP contribution < -0.4 is 4.72 Å². The van der Waals surface area contributed by atoms with E-state index in [0.717, 1.165) is 0 Å². The summed E-state index contributed by atoms with van der Waals surface area (Å²) in [5.41, 5.74) is 0.953. The number of hydrogen-bond donors (Lipinski definition) is 2. The van der Waals surface area contributed by atoms with Crippen LogP contribution in [0.5, 0.6) is 0 Å². The smallest absolute Gasteiger partial charge is 0.240 e. The molecule has 1 rings (SSSR count). The minimum absolute atomic E-state index is 0.159. The number of hydrogen-bond acceptors (Lipinski definition) is 4. The van der Waals surface area contributed by atoms with Crippen LogP contribution in [0.25, 0.3) is 0 Å². The Labute approximate surface area is 107 Å². The summed E-state index contributed by atoms with van der Waals surface area (Å²) >= 11 is 0. The van der Waals surface area contributed by atoms with Crippen molar-refractivity contribution in [3.8, 4) is 6.07 Å². The van der Waals surface area contributed by atoms with Gasteiger partial charge < -0.3 is 5.11 Å². The second kappa shape index (κ2) is 5.96. The van der Waals surface area contributed by atoms with E-state index >= 15 is 0 Å². The molecule has 98 valence electrons. The predicted octanol–water partition coefficient (Wildman–Crippen LogP) is 0.916.